The summed E-state index contributed by atoms with van der Waals surface area (Å²) in [5.41, 5.74) is 0. The summed E-state index contributed by atoms with van der Waals surface area (Å²) in [5, 5.41) is 0. The minimum atomic E-state index is 0.672. The predicted molar refractivity (Wildman–Crippen MR) is 72.0 cm³/mol. The van der Waals surface area contributed by atoms with Gasteiger partial charge < -0.3 is 9.64 Å². The van der Waals surface area contributed by atoms with Gasteiger partial charge in [-0.2, -0.15) is 0 Å². The lowest BCUT2D eigenvalue weighted by atomic mass is 10.2. The minimum absolute atomic E-state index is 0.672. The summed E-state index contributed by atoms with van der Waals surface area (Å²) >= 11 is 0. The molecule has 0 amide bonds. The molecule has 0 rings (SSSR count). The Morgan fingerprint density at radius 2 is 1.56 bits per heavy atom. The van der Waals surface area contributed by atoms with Crippen LogP contribution in [0.2, 0.25) is 0 Å². The van der Waals surface area contributed by atoms with Crippen LogP contribution in [0.15, 0.2) is 0 Å². The molecule has 0 heterocycles. The van der Waals surface area contributed by atoms with E-state index < -0.39 is 0 Å². The van der Waals surface area contributed by atoms with Crippen molar-refractivity contribution in [2.24, 2.45) is 0 Å². The molecule has 0 radical (unpaired) electrons. The first-order valence-electron chi connectivity index (χ1n) is 6.96. The van der Waals surface area contributed by atoms with Crippen LogP contribution in [0.5, 0.6) is 0 Å². The predicted octanol–water partition coefficient (Wildman–Crippen LogP) is 3.70. The van der Waals surface area contributed by atoms with Gasteiger partial charge in [-0.1, -0.05) is 19.8 Å². The molecule has 0 spiro atoms. The number of ether oxygens (including phenoxy) is 1. The van der Waals surface area contributed by atoms with Crippen LogP contribution in [0.3, 0.4) is 0 Å². The highest BCUT2D eigenvalue weighted by Gasteiger charge is 2.01. The average molecular weight is 229 g/mol. The maximum Gasteiger partial charge on any atom is 0.0466 e. The average Bonchev–Trinajstić information content (AvgIpc) is 2.26. The van der Waals surface area contributed by atoms with Crippen molar-refractivity contribution in [2.45, 2.75) is 65.3 Å². The zero-order chi connectivity index (χ0) is 12.2. The van der Waals surface area contributed by atoms with E-state index in [0.29, 0.717) is 6.04 Å². The van der Waals surface area contributed by atoms with Gasteiger partial charge in [0.2, 0.25) is 0 Å². The molecule has 0 aromatic carbocycles. The van der Waals surface area contributed by atoms with Gasteiger partial charge in [0.05, 0.1) is 0 Å². The summed E-state index contributed by atoms with van der Waals surface area (Å²) in [6.45, 7) is 9.85. The highest BCUT2D eigenvalue weighted by atomic mass is 16.5. The standard InChI is InChI=1S/C14H31NO/c1-5-6-9-12-16-13-10-7-8-11-15(4)14(2)3/h14H,5-13H2,1-4H3. The highest BCUT2D eigenvalue weighted by Crippen LogP contribution is 2.01. The number of hydrogen-bond acceptors (Lipinski definition) is 2. The first kappa shape index (κ1) is 15.9. The van der Waals surface area contributed by atoms with Gasteiger partial charge in [-0.05, 0) is 53.1 Å². The Labute approximate surface area is 102 Å². The normalized spacial score (nSPS) is 11.6. The van der Waals surface area contributed by atoms with Crippen LogP contribution in [-0.4, -0.2) is 37.7 Å². The maximum atomic E-state index is 5.58. The van der Waals surface area contributed by atoms with E-state index in [1.165, 1.54) is 45.1 Å². The van der Waals surface area contributed by atoms with Gasteiger partial charge in [0.25, 0.3) is 0 Å². The molecule has 0 aromatic heterocycles. The van der Waals surface area contributed by atoms with Gasteiger partial charge in [-0.3, -0.25) is 0 Å². The molecule has 98 valence electrons. The van der Waals surface area contributed by atoms with Crippen LogP contribution < -0.4 is 0 Å². The molecule has 2 nitrogen and oxygen atoms in total. The number of nitrogens with zero attached hydrogens (tertiary/aromatic N) is 1. The largest absolute Gasteiger partial charge is 0.381 e. The van der Waals surface area contributed by atoms with Crippen LogP contribution >= 0.6 is 0 Å². The molecular weight excluding hydrogens is 198 g/mol. The third-order valence-electron chi connectivity index (χ3n) is 3.07. The Morgan fingerprint density at radius 1 is 0.938 bits per heavy atom. The molecule has 16 heavy (non-hydrogen) atoms. The minimum Gasteiger partial charge on any atom is -0.381 e. The summed E-state index contributed by atoms with van der Waals surface area (Å²) < 4.78 is 5.58. The second-order valence-corrected chi connectivity index (χ2v) is 4.95. The Hall–Kier alpha value is -0.0800. The zero-order valence-electron chi connectivity index (χ0n) is 11.8. The number of unbranched alkanes of at least 4 members (excludes halogenated alkanes) is 4. The SMILES string of the molecule is CCCCCOCCCCCN(C)C(C)C. The lowest BCUT2D eigenvalue weighted by Gasteiger charge is -2.20. The van der Waals surface area contributed by atoms with E-state index in [0.717, 1.165) is 13.2 Å². The fourth-order valence-corrected chi connectivity index (χ4v) is 1.56. The summed E-state index contributed by atoms with van der Waals surface area (Å²) in [4.78, 5) is 2.40. The number of rotatable bonds is 11. The molecule has 0 unspecified atom stereocenters. The van der Waals surface area contributed by atoms with E-state index >= 15 is 0 Å². The topological polar surface area (TPSA) is 12.5 Å². The second-order valence-electron chi connectivity index (χ2n) is 4.95. The van der Waals surface area contributed by atoms with E-state index in [2.05, 4.69) is 32.7 Å². The maximum absolute atomic E-state index is 5.58. The third kappa shape index (κ3) is 10.4. The van der Waals surface area contributed by atoms with E-state index in [9.17, 15) is 0 Å². The van der Waals surface area contributed by atoms with Gasteiger partial charge in [0.15, 0.2) is 0 Å². The summed E-state index contributed by atoms with van der Waals surface area (Å²) in [5.74, 6) is 0. The van der Waals surface area contributed by atoms with Crippen molar-refractivity contribution >= 4 is 0 Å². The fraction of sp³-hybridized carbons (Fsp3) is 1.00. The van der Waals surface area contributed by atoms with Crippen LogP contribution in [0.25, 0.3) is 0 Å². The van der Waals surface area contributed by atoms with Crippen molar-refractivity contribution in [3.63, 3.8) is 0 Å². The Morgan fingerprint density at radius 3 is 2.12 bits per heavy atom. The van der Waals surface area contributed by atoms with Crippen LogP contribution in [-0.2, 0) is 4.74 Å². The van der Waals surface area contributed by atoms with Crippen LogP contribution in [0, 0.1) is 0 Å². The molecule has 0 fully saturated rings. The quantitative estimate of drug-likeness (QED) is 0.501. The van der Waals surface area contributed by atoms with E-state index in [1.54, 1.807) is 0 Å². The monoisotopic (exact) mass is 229 g/mol. The Balaban J connectivity index is 3.04. The van der Waals surface area contributed by atoms with Gasteiger partial charge in [-0.25, -0.2) is 0 Å². The zero-order valence-corrected chi connectivity index (χ0v) is 11.8. The lowest BCUT2D eigenvalue weighted by Crippen LogP contribution is -2.27. The van der Waals surface area contributed by atoms with Gasteiger partial charge in [0.1, 0.15) is 0 Å². The fourth-order valence-electron chi connectivity index (χ4n) is 1.56. The molecule has 0 aromatic rings. The lowest BCUT2D eigenvalue weighted by molar-refractivity contribution is 0.125. The first-order chi connectivity index (χ1) is 7.68. The molecule has 0 saturated heterocycles. The van der Waals surface area contributed by atoms with Crippen molar-refractivity contribution in [1.29, 1.82) is 0 Å². The molecule has 0 aliphatic carbocycles. The van der Waals surface area contributed by atoms with Crippen LogP contribution in [0.4, 0.5) is 0 Å². The van der Waals surface area contributed by atoms with E-state index in [1.807, 2.05) is 0 Å². The highest BCUT2D eigenvalue weighted by molar-refractivity contribution is 4.56. The van der Waals surface area contributed by atoms with Crippen molar-refractivity contribution < 1.29 is 4.74 Å². The Kier molecular flexibility index (Phi) is 11.3. The number of hydrogen-bond donors (Lipinski definition) is 0. The summed E-state index contributed by atoms with van der Waals surface area (Å²) in [6, 6.07) is 0.672. The molecule has 0 aliphatic heterocycles. The second kappa shape index (κ2) is 11.4. The van der Waals surface area contributed by atoms with Gasteiger partial charge in [0, 0.05) is 19.3 Å². The third-order valence-corrected chi connectivity index (χ3v) is 3.07. The Bertz CT molecular complexity index is 137. The molecule has 0 aliphatic rings. The molecule has 0 bridgehead atoms. The summed E-state index contributed by atoms with van der Waals surface area (Å²) in [6.07, 6.45) is 7.63. The van der Waals surface area contributed by atoms with E-state index in [4.69, 9.17) is 4.74 Å². The van der Waals surface area contributed by atoms with Crippen molar-refractivity contribution in [3.05, 3.63) is 0 Å². The van der Waals surface area contributed by atoms with Crippen molar-refractivity contribution in [1.82, 2.24) is 4.90 Å². The first-order valence-corrected chi connectivity index (χ1v) is 6.96. The molecule has 0 atom stereocenters. The van der Waals surface area contributed by atoms with E-state index in [-0.39, 0.29) is 0 Å². The van der Waals surface area contributed by atoms with Gasteiger partial charge >= 0.3 is 0 Å². The molecular formula is C14H31NO. The van der Waals surface area contributed by atoms with Gasteiger partial charge in [-0.15, -0.1) is 0 Å². The smallest absolute Gasteiger partial charge is 0.0466 e. The van der Waals surface area contributed by atoms with Crippen molar-refractivity contribution in [3.8, 4) is 0 Å². The summed E-state index contributed by atoms with van der Waals surface area (Å²) in [7, 11) is 2.20. The molecule has 2 heteroatoms. The molecule has 0 saturated carbocycles. The molecule has 0 N–H and O–H groups in total. The van der Waals surface area contributed by atoms with Crippen LogP contribution in [0.1, 0.15) is 59.3 Å². The van der Waals surface area contributed by atoms with Crippen molar-refractivity contribution in [2.75, 3.05) is 26.8 Å².